The van der Waals surface area contributed by atoms with Gasteiger partial charge >= 0.3 is 0 Å². The third-order valence-corrected chi connectivity index (χ3v) is 6.38. The molecule has 2 rings (SSSR count). The largest absolute Gasteiger partial charge is 0.295 e. The molecule has 0 aromatic carbocycles. The third-order valence-electron chi connectivity index (χ3n) is 3.67. The Morgan fingerprint density at radius 1 is 1.12 bits per heavy atom. The van der Waals surface area contributed by atoms with Crippen molar-refractivity contribution >= 4 is 15.6 Å². The fourth-order valence-corrected chi connectivity index (χ4v) is 5.32. The lowest BCUT2D eigenvalue weighted by Crippen LogP contribution is -2.35. The molecule has 2 fully saturated rings. The van der Waals surface area contributed by atoms with E-state index in [0.29, 0.717) is 12.8 Å². The maximum atomic E-state index is 11.9. The molecule has 2 aliphatic heterocycles. The zero-order valence-corrected chi connectivity index (χ0v) is 10.6. The Balaban J connectivity index is 2.15. The molecule has 0 amide bonds. The highest BCUT2D eigenvalue weighted by molar-refractivity contribution is 7.93. The zero-order chi connectivity index (χ0) is 11.9. The van der Waals surface area contributed by atoms with Gasteiger partial charge in [-0.05, 0) is 45.6 Å². The predicted octanol–water partition coefficient (Wildman–Crippen LogP) is 1.88. The van der Waals surface area contributed by atoms with Gasteiger partial charge in [0.05, 0.1) is 10.5 Å². The molecular weight excluding hydrogens is 224 g/mol. The molecule has 2 aliphatic rings. The Hall–Kier alpha value is -0.640. The number of hydrogen-bond acceptors (Lipinski definition) is 3. The SMILES string of the molecule is CC(C)=CC(=O)C1CC2CCC(C1)S2(=O)=O. The molecule has 2 unspecified atom stereocenters. The van der Waals surface area contributed by atoms with Crippen LogP contribution in [0.3, 0.4) is 0 Å². The van der Waals surface area contributed by atoms with E-state index in [4.69, 9.17) is 0 Å². The number of ketones is 1. The number of allylic oxidation sites excluding steroid dienone is 2. The summed E-state index contributed by atoms with van der Waals surface area (Å²) in [5.74, 6) is 0.0581. The van der Waals surface area contributed by atoms with Gasteiger partial charge in [0.2, 0.25) is 0 Å². The van der Waals surface area contributed by atoms with Crippen LogP contribution in [0.15, 0.2) is 11.6 Å². The molecule has 0 saturated carbocycles. The highest BCUT2D eigenvalue weighted by atomic mass is 32.2. The second-order valence-electron chi connectivity index (χ2n) is 5.20. The third kappa shape index (κ3) is 1.95. The van der Waals surface area contributed by atoms with Crippen molar-refractivity contribution in [3.63, 3.8) is 0 Å². The molecule has 0 N–H and O–H groups in total. The van der Waals surface area contributed by atoms with Crippen molar-refractivity contribution in [2.45, 2.75) is 50.0 Å². The average Bonchev–Trinajstić information content (AvgIpc) is 2.39. The van der Waals surface area contributed by atoms with Crippen molar-refractivity contribution < 1.29 is 13.2 Å². The molecule has 0 aromatic heterocycles. The smallest absolute Gasteiger partial charge is 0.158 e. The van der Waals surface area contributed by atoms with Crippen molar-refractivity contribution in [2.24, 2.45) is 5.92 Å². The highest BCUT2D eigenvalue weighted by Gasteiger charge is 2.47. The van der Waals surface area contributed by atoms with Crippen LogP contribution in [0.5, 0.6) is 0 Å². The Kier molecular flexibility index (Phi) is 2.95. The van der Waals surface area contributed by atoms with Gasteiger partial charge in [-0.25, -0.2) is 8.42 Å². The van der Waals surface area contributed by atoms with E-state index in [1.807, 2.05) is 13.8 Å². The summed E-state index contributed by atoms with van der Waals surface area (Å²) in [7, 11) is -2.90. The summed E-state index contributed by atoms with van der Waals surface area (Å²) < 4.78 is 23.7. The topological polar surface area (TPSA) is 51.2 Å². The van der Waals surface area contributed by atoms with Crippen LogP contribution in [0.4, 0.5) is 0 Å². The normalized spacial score (nSPS) is 35.8. The Morgan fingerprint density at radius 3 is 2.06 bits per heavy atom. The van der Waals surface area contributed by atoms with Gasteiger partial charge in [0.1, 0.15) is 0 Å². The second-order valence-corrected chi connectivity index (χ2v) is 7.71. The van der Waals surface area contributed by atoms with E-state index in [1.54, 1.807) is 6.08 Å². The number of hydrogen-bond donors (Lipinski definition) is 0. The molecule has 3 nitrogen and oxygen atoms in total. The second kappa shape index (κ2) is 3.99. The summed E-state index contributed by atoms with van der Waals surface area (Å²) in [5.41, 5.74) is 0.991. The zero-order valence-electron chi connectivity index (χ0n) is 9.77. The lowest BCUT2D eigenvalue weighted by molar-refractivity contribution is -0.118. The maximum absolute atomic E-state index is 11.9. The van der Waals surface area contributed by atoms with E-state index in [1.165, 1.54) is 0 Å². The van der Waals surface area contributed by atoms with Crippen molar-refractivity contribution in [3.8, 4) is 0 Å². The molecule has 16 heavy (non-hydrogen) atoms. The Morgan fingerprint density at radius 2 is 1.62 bits per heavy atom. The molecule has 2 saturated heterocycles. The van der Waals surface area contributed by atoms with E-state index in [9.17, 15) is 13.2 Å². The van der Waals surface area contributed by atoms with Crippen LogP contribution in [0.1, 0.15) is 39.5 Å². The van der Waals surface area contributed by atoms with Crippen molar-refractivity contribution in [2.75, 3.05) is 0 Å². The van der Waals surface area contributed by atoms with Gasteiger partial charge in [0, 0.05) is 5.92 Å². The van der Waals surface area contributed by atoms with Crippen LogP contribution in [-0.2, 0) is 14.6 Å². The van der Waals surface area contributed by atoms with Gasteiger partial charge in [0.25, 0.3) is 0 Å². The summed E-state index contributed by atoms with van der Waals surface area (Å²) in [4.78, 5) is 11.9. The van der Waals surface area contributed by atoms with Gasteiger partial charge in [-0.2, -0.15) is 0 Å². The minimum Gasteiger partial charge on any atom is -0.295 e. The minimum absolute atomic E-state index is 0.0593. The summed E-state index contributed by atoms with van der Waals surface area (Å²) in [6.07, 6.45) is 4.25. The molecule has 2 bridgehead atoms. The van der Waals surface area contributed by atoms with E-state index in [-0.39, 0.29) is 22.2 Å². The number of carbonyl (C=O) groups is 1. The lowest BCUT2D eigenvalue weighted by Gasteiger charge is -2.26. The van der Waals surface area contributed by atoms with Crippen LogP contribution >= 0.6 is 0 Å². The summed E-state index contributed by atoms with van der Waals surface area (Å²) in [6, 6.07) is 0. The molecule has 0 spiro atoms. The average molecular weight is 242 g/mol. The fraction of sp³-hybridized carbons (Fsp3) is 0.750. The van der Waals surface area contributed by atoms with Crippen LogP contribution < -0.4 is 0 Å². The first-order valence-electron chi connectivity index (χ1n) is 5.82. The van der Waals surface area contributed by atoms with E-state index in [2.05, 4.69) is 0 Å². The van der Waals surface area contributed by atoms with E-state index < -0.39 is 9.84 Å². The molecule has 0 aromatic rings. The molecule has 0 aliphatic carbocycles. The lowest BCUT2D eigenvalue weighted by atomic mass is 9.93. The quantitative estimate of drug-likeness (QED) is 0.695. The molecule has 0 radical (unpaired) electrons. The van der Waals surface area contributed by atoms with Gasteiger partial charge in [-0.3, -0.25) is 4.79 Å². The number of fused-ring (bicyclic) bond motifs is 2. The van der Waals surface area contributed by atoms with Gasteiger partial charge in [0.15, 0.2) is 15.6 Å². The monoisotopic (exact) mass is 242 g/mol. The van der Waals surface area contributed by atoms with Crippen LogP contribution in [0, 0.1) is 5.92 Å². The Bertz CT molecular complexity index is 409. The maximum Gasteiger partial charge on any atom is 0.158 e. The first-order chi connectivity index (χ1) is 7.41. The molecular formula is C12H18O3S. The van der Waals surface area contributed by atoms with Gasteiger partial charge in [-0.1, -0.05) is 5.57 Å². The van der Waals surface area contributed by atoms with Gasteiger partial charge < -0.3 is 0 Å². The van der Waals surface area contributed by atoms with Crippen LogP contribution in [0.25, 0.3) is 0 Å². The molecule has 2 atom stereocenters. The van der Waals surface area contributed by atoms with Gasteiger partial charge in [-0.15, -0.1) is 0 Å². The fourth-order valence-electron chi connectivity index (χ4n) is 2.84. The first-order valence-corrected chi connectivity index (χ1v) is 7.43. The number of carbonyl (C=O) groups excluding carboxylic acids is 1. The van der Waals surface area contributed by atoms with Crippen LogP contribution in [0.2, 0.25) is 0 Å². The summed E-state index contributed by atoms with van der Waals surface area (Å²) in [6.45, 7) is 3.79. The van der Waals surface area contributed by atoms with Crippen molar-refractivity contribution in [1.82, 2.24) is 0 Å². The first kappa shape index (κ1) is 11.8. The van der Waals surface area contributed by atoms with Crippen LogP contribution in [-0.4, -0.2) is 24.7 Å². The molecule has 4 heteroatoms. The van der Waals surface area contributed by atoms with E-state index in [0.717, 1.165) is 18.4 Å². The van der Waals surface area contributed by atoms with Crippen molar-refractivity contribution in [3.05, 3.63) is 11.6 Å². The Labute approximate surface area is 96.8 Å². The highest BCUT2D eigenvalue weighted by Crippen LogP contribution is 2.41. The molecule has 2 heterocycles. The summed E-state index contributed by atoms with van der Waals surface area (Å²) >= 11 is 0. The standard InChI is InChI=1S/C12H18O3S/c1-8(2)5-12(13)9-6-10-3-4-11(7-9)16(10,14)15/h5,9-11H,3-4,6-7H2,1-2H3. The summed E-state index contributed by atoms with van der Waals surface area (Å²) in [5, 5.41) is -0.489. The van der Waals surface area contributed by atoms with Crippen molar-refractivity contribution in [1.29, 1.82) is 0 Å². The number of rotatable bonds is 2. The molecule has 90 valence electrons. The number of sulfone groups is 1. The van der Waals surface area contributed by atoms with E-state index >= 15 is 0 Å². The predicted molar refractivity (Wildman–Crippen MR) is 62.9 cm³/mol. The minimum atomic E-state index is -2.90.